The van der Waals surface area contributed by atoms with Crippen LogP contribution in [0.2, 0.25) is 0 Å². The number of aromatic nitrogens is 1. The number of carbonyl (C=O) groups excluding carboxylic acids is 1. The van der Waals surface area contributed by atoms with E-state index in [-0.39, 0.29) is 5.56 Å². The monoisotopic (exact) mass is 360 g/mol. The van der Waals surface area contributed by atoms with Crippen LogP contribution in [0.1, 0.15) is 10.4 Å². The Labute approximate surface area is 115 Å². The third-order valence-corrected chi connectivity index (χ3v) is 2.73. The van der Waals surface area contributed by atoms with Crippen LogP contribution < -0.4 is 5.32 Å². The van der Waals surface area contributed by atoms with Crippen molar-refractivity contribution in [1.82, 2.24) is 4.98 Å². The van der Waals surface area contributed by atoms with Crippen LogP contribution in [0.3, 0.4) is 0 Å². The summed E-state index contributed by atoms with van der Waals surface area (Å²) in [5.41, 5.74) is -0.0900. The maximum absolute atomic E-state index is 12.9. The standard InChI is InChI=1S/C12H7F2IN2O/c13-8-3-7(4-9(14)5-8)12(18)17-11-2-1-10(15)6-16-11/h1-6H,(H,16,17,18). The minimum absolute atomic E-state index is 0.0900. The highest BCUT2D eigenvalue weighted by Gasteiger charge is 2.09. The number of hydrogen-bond donors (Lipinski definition) is 1. The van der Waals surface area contributed by atoms with Crippen molar-refractivity contribution in [3.8, 4) is 0 Å². The van der Waals surface area contributed by atoms with Crippen molar-refractivity contribution in [2.24, 2.45) is 0 Å². The Hall–Kier alpha value is -1.57. The van der Waals surface area contributed by atoms with Gasteiger partial charge in [-0.2, -0.15) is 0 Å². The second kappa shape index (κ2) is 5.38. The second-order valence-electron chi connectivity index (χ2n) is 3.47. The van der Waals surface area contributed by atoms with Gasteiger partial charge in [0.25, 0.3) is 5.91 Å². The average molecular weight is 360 g/mol. The topological polar surface area (TPSA) is 42.0 Å². The summed E-state index contributed by atoms with van der Waals surface area (Å²) in [6.45, 7) is 0. The van der Waals surface area contributed by atoms with E-state index < -0.39 is 17.5 Å². The van der Waals surface area contributed by atoms with Gasteiger partial charge in [-0.25, -0.2) is 13.8 Å². The average Bonchev–Trinajstić information content (AvgIpc) is 2.31. The molecule has 1 heterocycles. The third-order valence-electron chi connectivity index (χ3n) is 2.09. The van der Waals surface area contributed by atoms with Crippen molar-refractivity contribution < 1.29 is 13.6 Å². The number of halogens is 3. The molecule has 0 aliphatic heterocycles. The Morgan fingerprint density at radius 1 is 1.17 bits per heavy atom. The minimum atomic E-state index is -0.796. The van der Waals surface area contributed by atoms with E-state index in [0.29, 0.717) is 11.9 Å². The molecule has 18 heavy (non-hydrogen) atoms. The van der Waals surface area contributed by atoms with Gasteiger partial charge in [0.15, 0.2) is 0 Å². The highest BCUT2D eigenvalue weighted by Crippen LogP contribution is 2.11. The molecule has 92 valence electrons. The number of rotatable bonds is 2. The van der Waals surface area contributed by atoms with Crippen molar-refractivity contribution in [2.75, 3.05) is 5.32 Å². The summed E-state index contributed by atoms with van der Waals surface area (Å²) in [5.74, 6) is -1.88. The molecular weight excluding hydrogens is 353 g/mol. The van der Waals surface area contributed by atoms with Gasteiger partial charge in [-0.1, -0.05) is 0 Å². The molecule has 0 radical (unpaired) electrons. The van der Waals surface area contributed by atoms with Crippen molar-refractivity contribution in [2.45, 2.75) is 0 Å². The van der Waals surface area contributed by atoms with Crippen molar-refractivity contribution in [1.29, 1.82) is 0 Å². The first-order valence-corrected chi connectivity index (χ1v) is 6.01. The van der Waals surface area contributed by atoms with E-state index in [9.17, 15) is 13.6 Å². The zero-order valence-corrected chi connectivity index (χ0v) is 11.1. The van der Waals surface area contributed by atoms with Gasteiger partial charge in [-0.15, -0.1) is 0 Å². The summed E-state index contributed by atoms with van der Waals surface area (Å²) >= 11 is 2.08. The van der Waals surface area contributed by atoms with E-state index >= 15 is 0 Å². The molecule has 0 unspecified atom stereocenters. The molecule has 0 saturated heterocycles. The van der Waals surface area contributed by atoms with Crippen molar-refractivity contribution >= 4 is 34.3 Å². The molecule has 0 atom stereocenters. The van der Waals surface area contributed by atoms with E-state index in [4.69, 9.17) is 0 Å². The van der Waals surface area contributed by atoms with Gasteiger partial charge in [0.2, 0.25) is 0 Å². The van der Waals surface area contributed by atoms with E-state index in [2.05, 4.69) is 32.9 Å². The molecule has 2 rings (SSSR count). The summed E-state index contributed by atoms with van der Waals surface area (Å²) in [7, 11) is 0. The fourth-order valence-electron chi connectivity index (χ4n) is 1.32. The molecular formula is C12H7F2IN2O. The Balaban J connectivity index is 2.19. The number of anilines is 1. The zero-order valence-electron chi connectivity index (χ0n) is 8.95. The van der Waals surface area contributed by atoms with Crippen LogP contribution in [0.15, 0.2) is 36.5 Å². The quantitative estimate of drug-likeness (QED) is 0.836. The van der Waals surface area contributed by atoms with Crippen molar-refractivity contribution in [3.05, 3.63) is 57.3 Å². The molecule has 6 heteroatoms. The molecule has 0 fully saturated rings. The number of carbonyl (C=O) groups is 1. The van der Waals surface area contributed by atoms with Crippen LogP contribution in [-0.4, -0.2) is 10.9 Å². The number of pyridine rings is 1. The third kappa shape index (κ3) is 3.22. The van der Waals surface area contributed by atoms with E-state index in [1.807, 2.05) is 0 Å². The molecule has 0 aliphatic carbocycles. The van der Waals surface area contributed by atoms with Gasteiger partial charge in [-0.05, 0) is 46.9 Å². The van der Waals surface area contributed by atoms with Crippen LogP contribution in [0.5, 0.6) is 0 Å². The summed E-state index contributed by atoms with van der Waals surface area (Å²) in [4.78, 5) is 15.7. The smallest absolute Gasteiger partial charge is 0.257 e. The first-order valence-electron chi connectivity index (χ1n) is 4.93. The van der Waals surface area contributed by atoms with Gasteiger partial charge >= 0.3 is 0 Å². The van der Waals surface area contributed by atoms with E-state index in [0.717, 1.165) is 15.7 Å². The number of hydrogen-bond acceptors (Lipinski definition) is 2. The Morgan fingerprint density at radius 3 is 2.39 bits per heavy atom. The highest BCUT2D eigenvalue weighted by atomic mass is 127. The van der Waals surface area contributed by atoms with Gasteiger partial charge in [0, 0.05) is 21.4 Å². The van der Waals surface area contributed by atoms with Crippen molar-refractivity contribution in [3.63, 3.8) is 0 Å². The molecule has 0 saturated carbocycles. The number of amides is 1. The van der Waals surface area contributed by atoms with E-state index in [1.54, 1.807) is 18.3 Å². The summed E-state index contributed by atoms with van der Waals surface area (Å²) in [6.07, 6.45) is 1.57. The van der Waals surface area contributed by atoms with Crippen LogP contribution in [0.4, 0.5) is 14.6 Å². The van der Waals surface area contributed by atoms with Crippen LogP contribution in [0, 0.1) is 15.2 Å². The lowest BCUT2D eigenvalue weighted by molar-refractivity contribution is 0.102. The fraction of sp³-hybridized carbons (Fsp3) is 0. The molecule has 1 aromatic carbocycles. The van der Waals surface area contributed by atoms with Gasteiger partial charge in [0.05, 0.1) is 0 Å². The summed E-state index contributed by atoms with van der Waals surface area (Å²) < 4.78 is 26.8. The first-order chi connectivity index (χ1) is 8.54. The predicted octanol–water partition coefficient (Wildman–Crippen LogP) is 3.22. The lowest BCUT2D eigenvalue weighted by Crippen LogP contribution is -2.13. The molecule has 1 N–H and O–H groups in total. The summed E-state index contributed by atoms with van der Waals surface area (Å²) in [6, 6.07) is 6.00. The number of benzene rings is 1. The maximum atomic E-state index is 12.9. The molecule has 1 aromatic heterocycles. The van der Waals surface area contributed by atoms with Crippen LogP contribution >= 0.6 is 22.6 Å². The second-order valence-corrected chi connectivity index (χ2v) is 4.72. The normalized spacial score (nSPS) is 10.2. The number of nitrogens with one attached hydrogen (secondary N) is 1. The zero-order chi connectivity index (χ0) is 13.1. The molecule has 0 spiro atoms. The van der Waals surface area contributed by atoms with Crippen LogP contribution in [-0.2, 0) is 0 Å². The van der Waals surface area contributed by atoms with E-state index in [1.165, 1.54) is 0 Å². The lowest BCUT2D eigenvalue weighted by atomic mass is 10.2. The SMILES string of the molecule is O=C(Nc1ccc(I)cn1)c1cc(F)cc(F)c1. The lowest BCUT2D eigenvalue weighted by Gasteiger charge is -2.04. The minimum Gasteiger partial charge on any atom is -0.307 e. The van der Waals surface area contributed by atoms with Gasteiger partial charge in [0.1, 0.15) is 17.5 Å². The Bertz CT molecular complexity index is 567. The predicted molar refractivity (Wildman–Crippen MR) is 71.3 cm³/mol. The molecule has 0 aliphatic rings. The molecule has 2 aromatic rings. The Kier molecular flexibility index (Phi) is 3.85. The highest BCUT2D eigenvalue weighted by molar-refractivity contribution is 14.1. The number of nitrogens with zero attached hydrogens (tertiary/aromatic N) is 1. The largest absolute Gasteiger partial charge is 0.307 e. The Morgan fingerprint density at radius 2 is 1.83 bits per heavy atom. The molecule has 0 bridgehead atoms. The molecule has 3 nitrogen and oxygen atoms in total. The molecule has 1 amide bonds. The first kappa shape index (κ1) is 12.9. The maximum Gasteiger partial charge on any atom is 0.257 e. The van der Waals surface area contributed by atoms with Gasteiger partial charge in [-0.3, -0.25) is 4.79 Å². The van der Waals surface area contributed by atoms with Crippen LogP contribution in [0.25, 0.3) is 0 Å². The fourth-order valence-corrected chi connectivity index (χ4v) is 1.64. The van der Waals surface area contributed by atoms with Gasteiger partial charge < -0.3 is 5.32 Å². The summed E-state index contributed by atoms with van der Waals surface area (Å²) in [5, 5.41) is 2.45.